The van der Waals surface area contributed by atoms with Crippen molar-refractivity contribution >= 4 is 11.6 Å². The predicted octanol–water partition coefficient (Wildman–Crippen LogP) is 6.53. The molecule has 2 nitrogen and oxygen atoms in total. The first kappa shape index (κ1) is 20.6. The van der Waals surface area contributed by atoms with Gasteiger partial charge in [0.15, 0.2) is 0 Å². The van der Waals surface area contributed by atoms with Crippen LogP contribution in [-0.2, 0) is 10.8 Å². The summed E-state index contributed by atoms with van der Waals surface area (Å²) in [6.45, 7) is 11.2. The van der Waals surface area contributed by atoms with Gasteiger partial charge in [-0.2, -0.15) is 0 Å². The molecule has 0 amide bonds. The Morgan fingerprint density at radius 3 is 2.19 bits per heavy atom. The normalized spacial score (nSPS) is 12.2. The van der Waals surface area contributed by atoms with Crippen LogP contribution < -0.4 is 9.47 Å². The molecule has 0 radical (unpaired) electrons. The minimum Gasteiger partial charge on any atom is -0.496 e. The molecule has 0 aromatic heterocycles. The molecule has 26 heavy (non-hydrogen) atoms. The Morgan fingerprint density at radius 1 is 0.923 bits per heavy atom. The average Bonchev–Trinajstić information content (AvgIpc) is 2.53. The fourth-order valence-corrected chi connectivity index (χ4v) is 3.17. The Morgan fingerprint density at radius 2 is 1.58 bits per heavy atom. The predicted molar refractivity (Wildman–Crippen MR) is 106 cm³/mol. The molecule has 2 aromatic carbocycles. The number of hydrogen-bond donors (Lipinski definition) is 0. The number of rotatable bonds is 6. The molecule has 0 fully saturated rings. The van der Waals surface area contributed by atoms with Gasteiger partial charge in [0.1, 0.15) is 17.3 Å². The lowest BCUT2D eigenvalue weighted by Crippen LogP contribution is -2.22. The van der Waals surface area contributed by atoms with E-state index in [1.165, 1.54) is 12.1 Å². The molecule has 0 aliphatic carbocycles. The summed E-state index contributed by atoms with van der Waals surface area (Å²) in [6.07, 6.45) is 0.755. The Kier molecular flexibility index (Phi) is 6.23. The molecule has 0 heterocycles. The van der Waals surface area contributed by atoms with Crippen molar-refractivity contribution in [2.75, 3.05) is 13.7 Å². The molecule has 2 rings (SSSR count). The van der Waals surface area contributed by atoms with E-state index in [0.29, 0.717) is 17.4 Å². The van der Waals surface area contributed by atoms with E-state index >= 15 is 0 Å². The van der Waals surface area contributed by atoms with Gasteiger partial charge in [0.2, 0.25) is 0 Å². The highest BCUT2D eigenvalue weighted by Gasteiger charge is 2.26. The van der Waals surface area contributed by atoms with Gasteiger partial charge in [-0.3, -0.25) is 0 Å². The second-order valence-electron chi connectivity index (χ2n) is 8.22. The SMILES string of the molecule is COc1cc(F)ccc1C(C)(C)CCOc1cc(Cl)ccc1C(C)(C)C. The Hall–Kier alpha value is -1.74. The third kappa shape index (κ3) is 4.91. The maximum absolute atomic E-state index is 13.5. The molecule has 0 saturated carbocycles. The molecule has 2 aromatic rings. The zero-order valence-corrected chi connectivity index (χ0v) is 17.2. The van der Waals surface area contributed by atoms with Crippen molar-refractivity contribution < 1.29 is 13.9 Å². The molecule has 0 aliphatic heterocycles. The van der Waals surface area contributed by atoms with E-state index in [-0.39, 0.29) is 16.6 Å². The quantitative estimate of drug-likeness (QED) is 0.568. The molecule has 0 unspecified atom stereocenters. The summed E-state index contributed by atoms with van der Waals surface area (Å²) in [7, 11) is 1.56. The lowest BCUT2D eigenvalue weighted by atomic mass is 9.81. The first-order chi connectivity index (χ1) is 12.0. The average molecular weight is 379 g/mol. The molecule has 0 atom stereocenters. The van der Waals surface area contributed by atoms with E-state index < -0.39 is 0 Å². The fourth-order valence-electron chi connectivity index (χ4n) is 3.01. The molecular weight excluding hydrogens is 351 g/mol. The molecular formula is C22H28ClFO2. The largest absolute Gasteiger partial charge is 0.496 e. The number of halogens is 2. The third-order valence-corrected chi connectivity index (χ3v) is 4.86. The molecule has 0 saturated heterocycles. The standard InChI is InChI=1S/C22H28ClFO2/c1-21(2,3)17-9-7-15(23)13-20(17)26-12-11-22(4,5)18-10-8-16(24)14-19(18)25-6/h7-10,13-14H,11-12H2,1-6H3. The second kappa shape index (κ2) is 7.87. The number of methoxy groups -OCH3 is 1. The molecule has 0 N–H and O–H groups in total. The van der Waals surface area contributed by atoms with E-state index in [0.717, 1.165) is 23.3 Å². The third-order valence-electron chi connectivity index (χ3n) is 4.63. The summed E-state index contributed by atoms with van der Waals surface area (Å²) in [4.78, 5) is 0. The highest BCUT2D eigenvalue weighted by molar-refractivity contribution is 6.30. The maximum atomic E-state index is 13.5. The Labute approximate surface area is 161 Å². The van der Waals surface area contributed by atoms with Gasteiger partial charge in [-0.05, 0) is 41.0 Å². The van der Waals surface area contributed by atoms with Crippen molar-refractivity contribution in [2.24, 2.45) is 0 Å². The van der Waals surface area contributed by atoms with Crippen LogP contribution in [0.15, 0.2) is 36.4 Å². The van der Waals surface area contributed by atoms with Crippen molar-refractivity contribution in [3.63, 3.8) is 0 Å². The van der Waals surface area contributed by atoms with E-state index in [1.807, 2.05) is 18.2 Å². The highest BCUT2D eigenvalue weighted by atomic mass is 35.5. The number of ether oxygens (including phenoxy) is 2. The minimum atomic E-state index is -0.300. The summed E-state index contributed by atoms with van der Waals surface area (Å²) >= 11 is 6.15. The van der Waals surface area contributed by atoms with Crippen LogP contribution in [0.25, 0.3) is 0 Å². The van der Waals surface area contributed by atoms with Gasteiger partial charge in [-0.15, -0.1) is 0 Å². The van der Waals surface area contributed by atoms with Crippen LogP contribution in [-0.4, -0.2) is 13.7 Å². The van der Waals surface area contributed by atoms with Crippen LogP contribution >= 0.6 is 11.6 Å². The first-order valence-corrected chi connectivity index (χ1v) is 9.19. The smallest absolute Gasteiger partial charge is 0.126 e. The summed E-state index contributed by atoms with van der Waals surface area (Å²) in [6, 6.07) is 10.5. The number of benzene rings is 2. The lowest BCUT2D eigenvalue weighted by molar-refractivity contribution is 0.264. The van der Waals surface area contributed by atoms with Crippen LogP contribution in [0.5, 0.6) is 11.5 Å². The first-order valence-electron chi connectivity index (χ1n) is 8.81. The van der Waals surface area contributed by atoms with Gasteiger partial charge < -0.3 is 9.47 Å². The molecule has 0 bridgehead atoms. The van der Waals surface area contributed by atoms with Crippen molar-refractivity contribution in [3.05, 3.63) is 58.4 Å². The van der Waals surface area contributed by atoms with Crippen LogP contribution in [0.2, 0.25) is 5.02 Å². The van der Waals surface area contributed by atoms with Crippen molar-refractivity contribution in [1.82, 2.24) is 0 Å². The zero-order valence-electron chi connectivity index (χ0n) is 16.5. The summed E-state index contributed by atoms with van der Waals surface area (Å²) in [5, 5.41) is 0.660. The van der Waals surface area contributed by atoms with E-state index in [2.05, 4.69) is 34.6 Å². The topological polar surface area (TPSA) is 18.5 Å². The molecule has 0 aliphatic rings. The van der Waals surface area contributed by atoms with Gasteiger partial charge in [-0.25, -0.2) is 4.39 Å². The lowest BCUT2D eigenvalue weighted by Gasteiger charge is -2.28. The van der Waals surface area contributed by atoms with E-state index in [1.54, 1.807) is 13.2 Å². The Bertz CT molecular complexity index is 763. The Balaban J connectivity index is 2.16. The van der Waals surface area contributed by atoms with Gasteiger partial charge in [0, 0.05) is 16.7 Å². The van der Waals surface area contributed by atoms with Crippen molar-refractivity contribution in [1.29, 1.82) is 0 Å². The monoisotopic (exact) mass is 378 g/mol. The van der Waals surface area contributed by atoms with Crippen molar-refractivity contribution in [2.45, 2.75) is 51.9 Å². The van der Waals surface area contributed by atoms with E-state index in [4.69, 9.17) is 21.1 Å². The molecule has 142 valence electrons. The second-order valence-corrected chi connectivity index (χ2v) is 8.65. The summed E-state index contributed by atoms with van der Waals surface area (Å²) in [5.74, 6) is 1.08. The maximum Gasteiger partial charge on any atom is 0.126 e. The summed E-state index contributed by atoms with van der Waals surface area (Å²) < 4.78 is 24.9. The zero-order chi connectivity index (χ0) is 19.5. The number of hydrogen-bond acceptors (Lipinski definition) is 2. The van der Waals surface area contributed by atoms with Crippen LogP contribution in [0.3, 0.4) is 0 Å². The molecule has 0 spiro atoms. The summed E-state index contributed by atoms with van der Waals surface area (Å²) in [5.41, 5.74) is 1.83. The van der Waals surface area contributed by atoms with Crippen LogP contribution in [0, 0.1) is 5.82 Å². The van der Waals surface area contributed by atoms with Gasteiger partial charge in [0.25, 0.3) is 0 Å². The van der Waals surface area contributed by atoms with E-state index in [9.17, 15) is 4.39 Å². The van der Waals surface area contributed by atoms with Crippen molar-refractivity contribution in [3.8, 4) is 11.5 Å². The van der Waals surface area contributed by atoms with Crippen LogP contribution in [0.1, 0.15) is 52.2 Å². The van der Waals surface area contributed by atoms with Gasteiger partial charge >= 0.3 is 0 Å². The van der Waals surface area contributed by atoms with Gasteiger partial charge in [0.05, 0.1) is 13.7 Å². The fraction of sp³-hybridized carbons (Fsp3) is 0.455. The van der Waals surface area contributed by atoms with Crippen LogP contribution in [0.4, 0.5) is 4.39 Å². The van der Waals surface area contributed by atoms with Gasteiger partial charge in [-0.1, -0.05) is 58.4 Å². The minimum absolute atomic E-state index is 0.0321. The molecule has 4 heteroatoms. The highest BCUT2D eigenvalue weighted by Crippen LogP contribution is 2.36.